The van der Waals surface area contributed by atoms with E-state index in [1.807, 2.05) is 38.1 Å². The minimum Gasteiger partial charge on any atom is -0.353 e. The summed E-state index contributed by atoms with van der Waals surface area (Å²) in [6, 6.07) is 8.16. The van der Waals surface area contributed by atoms with E-state index in [2.05, 4.69) is 10.3 Å². The molecule has 5 nitrogen and oxygen atoms in total. The Morgan fingerprint density at radius 1 is 1.30 bits per heavy atom. The predicted molar refractivity (Wildman–Crippen MR) is 90.3 cm³/mol. The normalized spacial score (nSPS) is 14.7. The minimum atomic E-state index is -0.0937. The molecular formula is C17H19N3O2S. The highest BCUT2D eigenvalue weighted by molar-refractivity contribution is 7.12. The first-order valence-corrected chi connectivity index (χ1v) is 8.42. The molecule has 0 bridgehead atoms. The fourth-order valence-corrected chi connectivity index (χ4v) is 3.58. The second kappa shape index (κ2) is 6.50. The third-order valence-electron chi connectivity index (χ3n) is 3.83. The number of carbonyl (C=O) groups is 2. The Labute approximate surface area is 139 Å². The fourth-order valence-electron chi connectivity index (χ4n) is 2.63. The lowest BCUT2D eigenvalue weighted by atomic mass is 10.1. The molecule has 2 amide bonds. The number of nitrogens with zero attached hydrogens (tertiary/aromatic N) is 2. The van der Waals surface area contributed by atoms with Gasteiger partial charge in [0.2, 0.25) is 11.8 Å². The second-order valence-electron chi connectivity index (χ2n) is 5.71. The van der Waals surface area contributed by atoms with Gasteiger partial charge in [0, 0.05) is 23.5 Å². The number of carbonyl (C=O) groups excluding carboxylic acids is 2. The number of aryl methyl sites for hydroxylation is 2. The molecule has 0 aliphatic carbocycles. The third kappa shape index (κ3) is 3.59. The van der Waals surface area contributed by atoms with Crippen molar-refractivity contribution in [1.82, 2.24) is 15.2 Å². The van der Waals surface area contributed by atoms with Gasteiger partial charge in [-0.25, -0.2) is 4.98 Å². The van der Waals surface area contributed by atoms with Crippen molar-refractivity contribution in [1.29, 1.82) is 0 Å². The quantitative estimate of drug-likeness (QED) is 0.936. The molecule has 1 aromatic carbocycles. The average Bonchev–Trinajstić information content (AvgIpc) is 2.88. The molecule has 0 atom stereocenters. The van der Waals surface area contributed by atoms with Gasteiger partial charge in [-0.2, -0.15) is 0 Å². The van der Waals surface area contributed by atoms with Gasteiger partial charge in [0.05, 0.1) is 23.7 Å². The lowest BCUT2D eigenvalue weighted by Crippen LogP contribution is -2.50. The van der Waals surface area contributed by atoms with E-state index in [4.69, 9.17) is 0 Å². The Morgan fingerprint density at radius 2 is 2.04 bits per heavy atom. The summed E-state index contributed by atoms with van der Waals surface area (Å²) in [7, 11) is 0. The predicted octanol–water partition coefficient (Wildman–Crippen LogP) is 1.93. The second-order valence-corrected chi connectivity index (χ2v) is 7.00. The number of hydrogen-bond acceptors (Lipinski definition) is 4. The Morgan fingerprint density at radius 3 is 2.74 bits per heavy atom. The molecule has 0 spiro atoms. The third-order valence-corrected chi connectivity index (χ3v) is 4.80. The largest absolute Gasteiger partial charge is 0.353 e. The van der Waals surface area contributed by atoms with Crippen molar-refractivity contribution in [3.05, 3.63) is 39.7 Å². The molecule has 0 unspecified atom stereocenters. The molecule has 1 N–H and O–H groups in total. The molecule has 1 fully saturated rings. The Balaban J connectivity index is 1.81. The van der Waals surface area contributed by atoms with Crippen molar-refractivity contribution >= 4 is 23.2 Å². The minimum absolute atomic E-state index is 0.0168. The number of piperazine rings is 1. The number of nitrogens with one attached hydrogen (secondary N) is 1. The van der Waals surface area contributed by atoms with Gasteiger partial charge in [-0.1, -0.05) is 29.8 Å². The average molecular weight is 329 g/mol. The smallest absolute Gasteiger partial charge is 0.239 e. The Kier molecular flexibility index (Phi) is 4.43. The Hall–Kier alpha value is -2.21. The van der Waals surface area contributed by atoms with E-state index in [0.29, 0.717) is 19.5 Å². The highest BCUT2D eigenvalue weighted by atomic mass is 32.1. The SMILES string of the molecule is Cc1ccc(-c2nc(C)sc2CC(=O)N2CCNC(=O)C2)cc1. The lowest BCUT2D eigenvalue weighted by Gasteiger charge is -2.26. The topological polar surface area (TPSA) is 62.3 Å². The van der Waals surface area contributed by atoms with E-state index in [1.54, 1.807) is 16.2 Å². The maximum absolute atomic E-state index is 12.5. The van der Waals surface area contributed by atoms with Gasteiger partial charge in [0.15, 0.2) is 0 Å². The Bertz CT molecular complexity index is 737. The zero-order valence-corrected chi connectivity index (χ0v) is 14.1. The van der Waals surface area contributed by atoms with Gasteiger partial charge >= 0.3 is 0 Å². The van der Waals surface area contributed by atoms with E-state index < -0.39 is 0 Å². The summed E-state index contributed by atoms with van der Waals surface area (Å²) >= 11 is 1.55. The van der Waals surface area contributed by atoms with Gasteiger partial charge < -0.3 is 10.2 Å². The number of amides is 2. The van der Waals surface area contributed by atoms with Crippen molar-refractivity contribution in [2.75, 3.05) is 19.6 Å². The molecule has 23 heavy (non-hydrogen) atoms. The van der Waals surface area contributed by atoms with Crippen LogP contribution >= 0.6 is 11.3 Å². The monoisotopic (exact) mass is 329 g/mol. The summed E-state index contributed by atoms with van der Waals surface area (Å²) in [4.78, 5) is 31.1. The van der Waals surface area contributed by atoms with Crippen molar-refractivity contribution in [2.24, 2.45) is 0 Å². The number of benzene rings is 1. The van der Waals surface area contributed by atoms with Crippen molar-refractivity contribution in [3.8, 4) is 11.3 Å². The molecular weight excluding hydrogens is 310 g/mol. The molecule has 0 saturated carbocycles. The first kappa shape index (κ1) is 15.7. The van der Waals surface area contributed by atoms with Gasteiger partial charge in [-0.15, -0.1) is 11.3 Å². The molecule has 1 saturated heterocycles. The molecule has 1 aromatic heterocycles. The standard InChI is InChI=1S/C17H19N3O2S/c1-11-3-5-13(6-4-11)17-14(23-12(2)19-17)9-16(22)20-8-7-18-15(21)10-20/h3-6H,7-10H2,1-2H3,(H,18,21). The fraction of sp³-hybridized carbons (Fsp3) is 0.353. The number of thiazole rings is 1. The van der Waals surface area contributed by atoms with Crippen molar-refractivity contribution in [2.45, 2.75) is 20.3 Å². The summed E-state index contributed by atoms with van der Waals surface area (Å²) in [5, 5.41) is 3.68. The molecule has 2 heterocycles. The van der Waals surface area contributed by atoms with Crippen LogP contribution in [0.3, 0.4) is 0 Å². The van der Waals surface area contributed by atoms with Crippen LogP contribution < -0.4 is 5.32 Å². The van der Waals surface area contributed by atoms with Crippen LogP contribution in [0.5, 0.6) is 0 Å². The van der Waals surface area contributed by atoms with Crippen LogP contribution in [0.15, 0.2) is 24.3 Å². The molecule has 3 rings (SSSR count). The summed E-state index contributed by atoms with van der Waals surface area (Å²) in [6.45, 7) is 5.24. The first-order chi connectivity index (χ1) is 11.0. The molecule has 2 aromatic rings. The highest BCUT2D eigenvalue weighted by Gasteiger charge is 2.23. The zero-order valence-electron chi connectivity index (χ0n) is 13.3. The highest BCUT2D eigenvalue weighted by Crippen LogP contribution is 2.29. The number of aromatic nitrogens is 1. The van der Waals surface area contributed by atoms with Gasteiger partial charge in [0.1, 0.15) is 0 Å². The summed E-state index contributed by atoms with van der Waals surface area (Å²) in [5.74, 6) is -0.110. The summed E-state index contributed by atoms with van der Waals surface area (Å²) < 4.78 is 0. The van der Waals surface area contributed by atoms with E-state index in [0.717, 1.165) is 21.1 Å². The first-order valence-electron chi connectivity index (χ1n) is 7.61. The molecule has 1 aliphatic heterocycles. The van der Waals surface area contributed by atoms with Crippen LogP contribution in [0.25, 0.3) is 11.3 Å². The molecule has 1 aliphatic rings. The van der Waals surface area contributed by atoms with Crippen LogP contribution in [-0.4, -0.2) is 41.3 Å². The van der Waals surface area contributed by atoms with Crippen molar-refractivity contribution in [3.63, 3.8) is 0 Å². The van der Waals surface area contributed by atoms with Gasteiger partial charge in [-0.3, -0.25) is 9.59 Å². The zero-order chi connectivity index (χ0) is 16.4. The molecule has 0 radical (unpaired) electrons. The molecule has 120 valence electrons. The van der Waals surface area contributed by atoms with Crippen LogP contribution in [0, 0.1) is 13.8 Å². The maximum atomic E-state index is 12.5. The van der Waals surface area contributed by atoms with E-state index in [9.17, 15) is 9.59 Å². The lowest BCUT2D eigenvalue weighted by molar-refractivity contribution is -0.137. The van der Waals surface area contributed by atoms with E-state index in [-0.39, 0.29) is 18.4 Å². The van der Waals surface area contributed by atoms with Crippen LogP contribution in [0.4, 0.5) is 0 Å². The van der Waals surface area contributed by atoms with Crippen LogP contribution in [0.2, 0.25) is 0 Å². The van der Waals surface area contributed by atoms with Crippen LogP contribution in [-0.2, 0) is 16.0 Å². The van der Waals surface area contributed by atoms with Gasteiger partial charge in [0.25, 0.3) is 0 Å². The van der Waals surface area contributed by atoms with Crippen molar-refractivity contribution < 1.29 is 9.59 Å². The van der Waals surface area contributed by atoms with E-state index in [1.165, 1.54) is 5.56 Å². The number of rotatable bonds is 3. The maximum Gasteiger partial charge on any atom is 0.239 e. The van der Waals surface area contributed by atoms with Crippen LogP contribution in [0.1, 0.15) is 15.4 Å². The van der Waals surface area contributed by atoms with E-state index >= 15 is 0 Å². The van der Waals surface area contributed by atoms with Gasteiger partial charge in [-0.05, 0) is 13.8 Å². The number of hydrogen-bond donors (Lipinski definition) is 1. The summed E-state index contributed by atoms with van der Waals surface area (Å²) in [5.41, 5.74) is 3.10. The summed E-state index contributed by atoms with van der Waals surface area (Å²) in [6.07, 6.45) is 0.294. The molecule has 6 heteroatoms.